The third-order valence-corrected chi connectivity index (χ3v) is 3.77. The van der Waals surface area contributed by atoms with Crippen molar-refractivity contribution < 1.29 is 31.4 Å². The number of aromatic nitrogens is 1. The summed E-state index contributed by atoms with van der Waals surface area (Å²) in [6.45, 7) is -0.0840. The molecule has 3 nitrogen and oxygen atoms in total. The number of β-amino-alcohol motifs (C(OH)–C–C–N with tert-alkyl or cyclic N) is 1. The summed E-state index contributed by atoms with van der Waals surface area (Å²) in [5.74, 6) is 0. The Morgan fingerprint density at radius 3 is 2.17 bits per heavy atom. The zero-order chi connectivity index (χ0) is 17.0. The van der Waals surface area contributed by atoms with Gasteiger partial charge in [0, 0.05) is 18.5 Å². The molecule has 9 heteroatoms. The molecule has 1 aliphatic heterocycles. The lowest BCUT2D eigenvalue weighted by molar-refractivity contribution is -0.142. The van der Waals surface area contributed by atoms with Crippen molar-refractivity contribution >= 4 is 10.9 Å². The van der Waals surface area contributed by atoms with Crippen molar-refractivity contribution in [3.63, 3.8) is 0 Å². The number of nitrogens with one attached hydrogen (secondary N) is 1. The number of rotatable bonds is 1. The van der Waals surface area contributed by atoms with Crippen LogP contribution in [0, 0.1) is 0 Å². The van der Waals surface area contributed by atoms with Gasteiger partial charge in [0.05, 0.1) is 11.1 Å². The van der Waals surface area contributed by atoms with E-state index in [1.165, 1.54) is 6.07 Å². The third kappa shape index (κ3) is 2.63. The summed E-state index contributed by atoms with van der Waals surface area (Å²) in [5, 5.41) is 12.9. The summed E-state index contributed by atoms with van der Waals surface area (Å²) >= 11 is 0. The van der Waals surface area contributed by atoms with Crippen LogP contribution in [-0.2, 0) is 18.0 Å². The molecule has 1 aliphatic rings. The average molecular weight is 336 g/mol. The standard InChI is InChI=1S/C14H10F6N2O/c15-13(16,17)8-3-1-2-7-9(12(23)5-21-6-12)4-10(14(18,19)20)22-11(7)8/h1-4,21,23H,5-6H2. The van der Waals surface area contributed by atoms with Crippen LogP contribution in [-0.4, -0.2) is 23.2 Å². The number of nitrogens with zero attached hydrogens (tertiary/aromatic N) is 1. The average Bonchev–Trinajstić information content (AvgIpc) is 2.40. The normalized spacial score (nSPS) is 18.0. The fraction of sp³-hybridized carbons (Fsp3) is 0.357. The van der Waals surface area contributed by atoms with Gasteiger partial charge < -0.3 is 10.4 Å². The van der Waals surface area contributed by atoms with Crippen molar-refractivity contribution in [2.75, 3.05) is 13.1 Å². The Bertz CT molecular complexity index is 764. The SMILES string of the molecule is OC1(c2cc(C(F)(F)F)nc3c(C(F)(F)F)cccc23)CNC1. The first kappa shape index (κ1) is 16.0. The number of hydrogen-bond acceptors (Lipinski definition) is 3. The molecule has 2 aromatic rings. The lowest BCUT2D eigenvalue weighted by Crippen LogP contribution is -2.56. The van der Waals surface area contributed by atoms with Gasteiger partial charge in [0.15, 0.2) is 0 Å². The van der Waals surface area contributed by atoms with Crippen LogP contribution < -0.4 is 5.32 Å². The van der Waals surface area contributed by atoms with Crippen molar-refractivity contribution in [3.8, 4) is 0 Å². The van der Waals surface area contributed by atoms with E-state index in [1.807, 2.05) is 0 Å². The lowest BCUT2D eigenvalue weighted by Gasteiger charge is -2.39. The van der Waals surface area contributed by atoms with Gasteiger partial charge in [0.25, 0.3) is 0 Å². The van der Waals surface area contributed by atoms with Crippen molar-refractivity contribution in [1.29, 1.82) is 0 Å². The van der Waals surface area contributed by atoms with Gasteiger partial charge in [0.1, 0.15) is 11.3 Å². The molecule has 3 rings (SSSR count). The van der Waals surface area contributed by atoms with E-state index in [0.29, 0.717) is 12.1 Å². The summed E-state index contributed by atoms with van der Waals surface area (Å²) < 4.78 is 78.2. The Morgan fingerprint density at radius 1 is 1.04 bits per heavy atom. The summed E-state index contributed by atoms with van der Waals surface area (Å²) in [5.41, 5.74) is -5.40. The van der Waals surface area contributed by atoms with Crippen LogP contribution in [0.25, 0.3) is 10.9 Å². The number of pyridine rings is 1. The first-order valence-corrected chi connectivity index (χ1v) is 6.54. The predicted molar refractivity (Wildman–Crippen MR) is 68.5 cm³/mol. The quantitative estimate of drug-likeness (QED) is 0.787. The largest absolute Gasteiger partial charge is 0.433 e. The number of hydrogen-bond donors (Lipinski definition) is 2. The summed E-state index contributed by atoms with van der Waals surface area (Å²) in [6, 6.07) is 3.59. The molecule has 1 aromatic carbocycles. The van der Waals surface area contributed by atoms with Gasteiger partial charge in [-0.1, -0.05) is 12.1 Å². The van der Waals surface area contributed by atoms with Gasteiger partial charge >= 0.3 is 12.4 Å². The molecule has 0 spiro atoms. The second-order valence-corrected chi connectivity index (χ2v) is 5.39. The monoisotopic (exact) mass is 336 g/mol. The number of fused-ring (bicyclic) bond motifs is 1. The molecule has 1 aromatic heterocycles. The molecule has 0 radical (unpaired) electrons. The molecule has 0 unspecified atom stereocenters. The third-order valence-electron chi connectivity index (χ3n) is 3.77. The Kier molecular flexibility index (Phi) is 3.35. The van der Waals surface area contributed by atoms with Crippen LogP contribution in [0.15, 0.2) is 24.3 Å². The zero-order valence-corrected chi connectivity index (χ0v) is 11.4. The zero-order valence-electron chi connectivity index (χ0n) is 11.4. The Hall–Kier alpha value is -1.87. The van der Waals surface area contributed by atoms with Crippen molar-refractivity contribution in [1.82, 2.24) is 10.3 Å². The summed E-state index contributed by atoms with van der Waals surface area (Å²) in [6.07, 6.45) is -9.77. The van der Waals surface area contributed by atoms with Gasteiger partial charge in [-0.25, -0.2) is 4.98 Å². The van der Waals surface area contributed by atoms with E-state index in [2.05, 4.69) is 10.3 Å². The van der Waals surface area contributed by atoms with Gasteiger partial charge in [-0.3, -0.25) is 0 Å². The van der Waals surface area contributed by atoms with Crippen molar-refractivity contribution in [2.45, 2.75) is 18.0 Å². The van der Waals surface area contributed by atoms with E-state index in [0.717, 1.165) is 6.07 Å². The highest BCUT2D eigenvalue weighted by molar-refractivity contribution is 5.87. The van der Waals surface area contributed by atoms with E-state index in [4.69, 9.17) is 0 Å². The maximum atomic E-state index is 13.1. The van der Waals surface area contributed by atoms with Gasteiger partial charge in [-0.05, 0) is 17.7 Å². The Labute approximate surface area is 125 Å². The van der Waals surface area contributed by atoms with Crippen molar-refractivity contribution in [3.05, 3.63) is 41.1 Å². The van der Waals surface area contributed by atoms with Crippen LogP contribution in [0.2, 0.25) is 0 Å². The molecule has 0 atom stereocenters. The van der Waals surface area contributed by atoms with Crippen LogP contribution in [0.1, 0.15) is 16.8 Å². The van der Waals surface area contributed by atoms with Crippen LogP contribution in [0.5, 0.6) is 0 Å². The first-order valence-electron chi connectivity index (χ1n) is 6.54. The molecule has 1 saturated heterocycles. The lowest BCUT2D eigenvalue weighted by atomic mass is 9.85. The molecule has 0 amide bonds. The molecule has 0 saturated carbocycles. The van der Waals surface area contributed by atoms with Crippen LogP contribution >= 0.6 is 0 Å². The minimum Gasteiger partial charge on any atom is -0.382 e. The molecule has 0 bridgehead atoms. The molecule has 2 heterocycles. The molecular formula is C14H10F6N2O. The van der Waals surface area contributed by atoms with E-state index in [9.17, 15) is 31.4 Å². The number of para-hydroxylation sites is 1. The van der Waals surface area contributed by atoms with E-state index < -0.39 is 34.7 Å². The van der Waals surface area contributed by atoms with Gasteiger partial charge in [-0.2, -0.15) is 26.3 Å². The van der Waals surface area contributed by atoms with Gasteiger partial charge in [0.2, 0.25) is 0 Å². The fourth-order valence-corrected chi connectivity index (χ4v) is 2.56. The molecule has 2 N–H and O–H groups in total. The number of alkyl halides is 6. The molecule has 124 valence electrons. The minimum absolute atomic E-state index is 0.0420. The highest BCUT2D eigenvalue weighted by atomic mass is 19.4. The smallest absolute Gasteiger partial charge is 0.382 e. The Balaban J connectivity index is 2.38. The Morgan fingerprint density at radius 2 is 1.70 bits per heavy atom. The molecule has 23 heavy (non-hydrogen) atoms. The van der Waals surface area contributed by atoms with Crippen LogP contribution in [0.4, 0.5) is 26.3 Å². The topological polar surface area (TPSA) is 45.2 Å². The predicted octanol–water partition coefficient (Wildman–Crippen LogP) is 3.06. The van der Waals surface area contributed by atoms with Crippen molar-refractivity contribution in [2.24, 2.45) is 0 Å². The molecular weight excluding hydrogens is 326 g/mol. The number of aliphatic hydroxyl groups is 1. The minimum atomic E-state index is -4.92. The van der Waals surface area contributed by atoms with E-state index >= 15 is 0 Å². The van der Waals surface area contributed by atoms with E-state index in [-0.39, 0.29) is 24.0 Å². The van der Waals surface area contributed by atoms with Crippen LogP contribution in [0.3, 0.4) is 0 Å². The van der Waals surface area contributed by atoms with Gasteiger partial charge in [-0.15, -0.1) is 0 Å². The second kappa shape index (κ2) is 4.81. The maximum absolute atomic E-state index is 13.1. The second-order valence-electron chi connectivity index (χ2n) is 5.39. The number of benzene rings is 1. The first-order chi connectivity index (χ1) is 10.5. The fourth-order valence-electron chi connectivity index (χ4n) is 2.56. The summed E-state index contributed by atoms with van der Waals surface area (Å²) in [4.78, 5) is 3.17. The summed E-state index contributed by atoms with van der Waals surface area (Å²) in [7, 11) is 0. The molecule has 0 aliphatic carbocycles. The highest BCUT2D eigenvalue weighted by Gasteiger charge is 2.42. The maximum Gasteiger partial charge on any atom is 0.433 e. The highest BCUT2D eigenvalue weighted by Crippen LogP contribution is 2.40. The van der Waals surface area contributed by atoms with E-state index in [1.54, 1.807) is 0 Å². The number of halogens is 6. The molecule has 1 fully saturated rings.